The number of hydrogen-bond acceptors (Lipinski definition) is 3. The summed E-state index contributed by atoms with van der Waals surface area (Å²) in [6, 6.07) is 1.27. The van der Waals surface area contributed by atoms with E-state index in [1.54, 1.807) is 0 Å². The van der Waals surface area contributed by atoms with Crippen molar-refractivity contribution in [1.82, 2.24) is 0 Å². The molecule has 16 heavy (non-hydrogen) atoms. The Morgan fingerprint density at radius 2 is 1.88 bits per heavy atom. The number of hydrogen-bond donors (Lipinski definition) is 1. The van der Waals surface area contributed by atoms with Crippen molar-refractivity contribution >= 4 is 15.9 Å². The van der Waals surface area contributed by atoms with Crippen molar-refractivity contribution in [3.8, 4) is 11.5 Å². The Kier molecular flexibility index (Phi) is 2.84. The SMILES string of the molecule is COc1c(F)cc(C2(O)CC2)c(OC)c1Br. The highest BCUT2D eigenvalue weighted by Gasteiger charge is 2.45. The highest BCUT2D eigenvalue weighted by molar-refractivity contribution is 9.10. The van der Waals surface area contributed by atoms with Crippen LogP contribution in [-0.4, -0.2) is 19.3 Å². The fraction of sp³-hybridized carbons (Fsp3) is 0.455. The van der Waals surface area contributed by atoms with E-state index in [4.69, 9.17) is 9.47 Å². The molecule has 0 unspecified atom stereocenters. The van der Waals surface area contributed by atoms with Gasteiger partial charge in [0.1, 0.15) is 10.2 Å². The Labute approximate surface area is 101 Å². The van der Waals surface area contributed by atoms with Gasteiger partial charge in [0.05, 0.1) is 19.8 Å². The normalized spacial score (nSPS) is 17.1. The summed E-state index contributed by atoms with van der Waals surface area (Å²) in [4.78, 5) is 0. The summed E-state index contributed by atoms with van der Waals surface area (Å²) in [5.74, 6) is 0.00796. The summed E-state index contributed by atoms with van der Waals surface area (Å²) in [6.07, 6.45) is 1.25. The summed E-state index contributed by atoms with van der Waals surface area (Å²) in [7, 11) is 2.86. The minimum Gasteiger partial charge on any atom is -0.495 e. The molecule has 0 radical (unpaired) electrons. The topological polar surface area (TPSA) is 38.7 Å². The van der Waals surface area contributed by atoms with Gasteiger partial charge in [0.15, 0.2) is 11.6 Å². The van der Waals surface area contributed by atoms with Gasteiger partial charge in [-0.25, -0.2) is 4.39 Å². The van der Waals surface area contributed by atoms with Crippen molar-refractivity contribution in [3.63, 3.8) is 0 Å². The second kappa shape index (κ2) is 3.89. The molecule has 5 heteroatoms. The minimum absolute atomic E-state index is 0.0878. The third-order valence-corrected chi connectivity index (χ3v) is 3.48. The van der Waals surface area contributed by atoms with Crippen LogP contribution in [0.25, 0.3) is 0 Å². The lowest BCUT2D eigenvalue weighted by atomic mass is 10.1. The van der Waals surface area contributed by atoms with Gasteiger partial charge in [-0.05, 0) is 34.8 Å². The average Bonchev–Trinajstić information content (AvgIpc) is 2.98. The van der Waals surface area contributed by atoms with Crippen LogP contribution < -0.4 is 9.47 Å². The third-order valence-electron chi connectivity index (χ3n) is 2.76. The lowest BCUT2D eigenvalue weighted by molar-refractivity contribution is 0.146. The summed E-state index contributed by atoms with van der Waals surface area (Å²) in [5.41, 5.74) is -0.471. The van der Waals surface area contributed by atoms with Crippen molar-refractivity contribution in [2.24, 2.45) is 0 Å². The van der Waals surface area contributed by atoms with Crippen molar-refractivity contribution in [2.75, 3.05) is 14.2 Å². The highest BCUT2D eigenvalue weighted by atomic mass is 79.9. The number of benzene rings is 1. The molecular formula is C11H12BrFO3. The number of halogens is 2. The molecule has 1 N–H and O–H groups in total. The molecule has 0 spiro atoms. The second-order valence-corrected chi connectivity index (χ2v) is 4.61. The molecule has 1 aromatic rings. The molecule has 88 valence electrons. The van der Waals surface area contributed by atoms with Crippen LogP contribution in [0.4, 0.5) is 4.39 Å². The first-order valence-electron chi connectivity index (χ1n) is 4.86. The Morgan fingerprint density at radius 1 is 1.31 bits per heavy atom. The van der Waals surface area contributed by atoms with E-state index in [0.717, 1.165) is 0 Å². The molecule has 1 aromatic carbocycles. The first kappa shape index (κ1) is 11.7. The van der Waals surface area contributed by atoms with Gasteiger partial charge < -0.3 is 14.6 Å². The maximum Gasteiger partial charge on any atom is 0.172 e. The Bertz CT molecular complexity index is 430. The zero-order valence-electron chi connectivity index (χ0n) is 9.01. The Morgan fingerprint density at radius 3 is 2.31 bits per heavy atom. The van der Waals surface area contributed by atoms with E-state index >= 15 is 0 Å². The third kappa shape index (κ3) is 1.68. The number of methoxy groups -OCH3 is 2. The maximum absolute atomic E-state index is 13.7. The van der Waals surface area contributed by atoms with E-state index in [-0.39, 0.29) is 5.75 Å². The fourth-order valence-corrected chi connectivity index (χ4v) is 2.43. The summed E-state index contributed by atoms with van der Waals surface area (Å²) in [6.45, 7) is 0. The Balaban J connectivity index is 2.62. The summed E-state index contributed by atoms with van der Waals surface area (Å²) < 4.78 is 24.2. The molecule has 0 amide bonds. The van der Waals surface area contributed by atoms with Crippen molar-refractivity contribution < 1.29 is 19.0 Å². The quantitative estimate of drug-likeness (QED) is 0.930. The van der Waals surface area contributed by atoms with Crippen LogP contribution in [0.15, 0.2) is 10.5 Å². The number of ether oxygens (including phenoxy) is 2. The van der Waals surface area contributed by atoms with E-state index < -0.39 is 11.4 Å². The van der Waals surface area contributed by atoms with Crippen LogP contribution in [0.5, 0.6) is 11.5 Å². The zero-order chi connectivity index (χ0) is 11.9. The van der Waals surface area contributed by atoms with Crippen LogP contribution in [-0.2, 0) is 5.60 Å². The van der Waals surface area contributed by atoms with Crippen molar-refractivity contribution in [3.05, 3.63) is 21.9 Å². The molecule has 0 saturated heterocycles. The molecule has 1 aliphatic carbocycles. The van der Waals surface area contributed by atoms with Crippen LogP contribution >= 0.6 is 15.9 Å². The van der Waals surface area contributed by atoms with Crippen LogP contribution in [0.2, 0.25) is 0 Å². The van der Waals surface area contributed by atoms with Crippen LogP contribution in [0.3, 0.4) is 0 Å². The molecule has 3 nitrogen and oxygen atoms in total. The molecule has 1 aliphatic rings. The number of rotatable bonds is 3. The molecule has 1 saturated carbocycles. The van der Waals surface area contributed by atoms with E-state index in [1.165, 1.54) is 20.3 Å². The molecule has 0 aromatic heterocycles. The Hall–Kier alpha value is -0.810. The van der Waals surface area contributed by atoms with Gasteiger partial charge in [-0.2, -0.15) is 0 Å². The molecular weight excluding hydrogens is 279 g/mol. The van der Waals surface area contributed by atoms with Gasteiger partial charge in [-0.15, -0.1) is 0 Å². The van der Waals surface area contributed by atoms with Crippen LogP contribution in [0.1, 0.15) is 18.4 Å². The van der Waals surface area contributed by atoms with Gasteiger partial charge in [-0.1, -0.05) is 0 Å². The molecule has 0 bridgehead atoms. The smallest absolute Gasteiger partial charge is 0.172 e. The monoisotopic (exact) mass is 290 g/mol. The lowest BCUT2D eigenvalue weighted by Crippen LogP contribution is -2.09. The maximum atomic E-state index is 13.7. The van der Waals surface area contributed by atoms with Crippen molar-refractivity contribution in [2.45, 2.75) is 18.4 Å². The lowest BCUT2D eigenvalue weighted by Gasteiger charge is -2.17. The van der Waals surface area contributed by atoms with Gasteiger partial charge >= 0.3 is 0 Å². The average molecular weight is 291 g/mol. The predicted molar refractivity (Wildman–Crippen MR) is 60.3 cm³/mol. The van der Waals surface area contributed by atoms with E-state index in [0.29, 0.717) is 28.6 Å². The summed E-state index contributed by atoms with van der Waals surface area (Å²) in [5, 5.41) is 10.0. The van der Waals surface area contributed by atoms with Gasteiger partial charge in [-0.3, -0.25) is 0 Å². The van der Waals surface area contributed by atoms with Crippen molar-refractivity contribution in [1.29, 1.82) is 0 Å². The minimum atomic E-state index is -0.943. The first-order chi connectivity index (χ1) is 7.53. The van der Waals surface area contributed by atoms with Gasteiger partial charge in [0.25, 0.3) is 0 Å². The molecule has 2 rings (SSSR count). The molecule has 1 fully saturated rings. The van der Waals surface area contributed by atoms with E-state index in [9.17, 15) is 9.50 Å². The zero-order valence-corrected chi connectivity index (χ0v) is 10.6. The standard InChI is InChI=1S/C11H12BrFO3/c1-15-9-6(11(14)3-4-11)5-7(13)10(16-2)8(9)12/h5,14H,3-4H2,1-2H3. The number of aliphatic hydroxyl groups is 1. The second-order valence-electron chi connectivity index (χ2n) is 3.82. The first-order valence-corrected chi connectivity index (χ1v) is 5.65. The highest BCUT2D eigenvalue weighted by Crippen LogP contribution is 2.52. The largest absolute Gasteiger partial charge is 0.495 e. The van der Waals surface area contributed by atoms with Gasteiger partial charge in [0, 0.05) is 5.56 Å². The summed E-state index contributed by atoms with van der Waals surface area (Å²) >= 11 is 3.22. The van der Waals surface area contributed by atoms with Gasteiger partial charge in [0.2, 0.25) is 0 Å². The van der Waals surface area contributed by atoms with E-state index in [1.807, 2.05) is 0 Å². The predicted octanol–water partition coefficient (Wildman–Crippen LogP) is 2.59. The fourth-order valence-electron chi connectivity index (χ4n) is 1.70. The van der Waals surface area contributed by atoms with Crippen LogP contribution in [0, 0.1) is 5.82 Å². The molecule has 0 atom stereocenters. The molecule has 0 aliphatic heterocycles. The molecule has 0 heterocycles. The van der Waals surface area contributed by atoms with E-state index in [2.05, 4.69) is 15.9 Å².